The highest BCUT2D eigenvalue weighted by atomic mass is 15.2. The summed E-state index contributed by atoms with van der Waals surface area (Å²) >= 11 is 0. The first kappa shape index (κ1) is 7.58. The zero-order valence-electron chi connectivity index (χ0n) is 6.26. The molecule has 0 heterocycles. The Morgan fingerprint density at radius 3 is 2.82 bits per heavy atom. The maximum absolute atomic E-state index is 8.62. The maximum atomic E-state index is 8.62. The zero-order chi connectivity index (χ0) is 8.27. The second-order valence-corrected chi connectivity index (χ2v) is 2.23. The van der Waals surface area contributed by atoms with Gasteiger partial charge in [-0.1, -0.05) is 6.07 Å². The molecule has 0 bridgehead atoms. The number of rotatable bonds is 1. The number of hydrazine groups is 1. The van der Waals surface area contributed by atoms with Crippen molar-refractivity contribution >= 4 is 5.69 Å². The van der Waals surface area contributed by atoms with E-state index >= 15 is 0 Å². The standard InChI is InChI=1S/C8H9N3/c1-6-7(5-9)3-2-4-8(6)11-10/h2-4,11H,10H2,1H3. The van der Waals surface area contributed by atoms with Gasteiger partial charge in [-0.05, 0) is 24.6 Å². The van der Waals surface area contributed by atoms with Crippen molar-refractivity contribution in [3.63, 3.8) is 0 Å². The molecule has 0 atom stereocenters. The van der Waals surface area contributed by atoms with Crippen molar-refractivity contribution in [3.8, 4) is 6.07 Å². The molecular weight excluding hydrogens is 138 g/mol. The summed E-state index contributed by atoms with van der Waals surface area (Å²) in [6.45, 7) is 1.85. The van der Waals surface area contributed by atoms with Crippen molar-refractivity contribution < 1.29 is 0 Å². The lowest BCUT2D eigenvalue weighted by molar-refractivity contribution is 1.29. The largest absolute Gasteiger partial charge is 0.324 e. The summed E-state index contributed by atoms with van der Waals surface area (Å²) in [6, 6.07) is 7.46. The van der Waals surface area contributed by atoms with Gasteiger partial charge in [0.25, 0.3) is 0 Å². The number of nitrogens with two attached hydrogens (primary N) is 1. The van der Waals surface area contributed by atoms with Gasteiger partial charge in [-0.15, -0.1) is 0 Å². The number of anilines is 1. The molecule has 0 aliphatic heterocycles. The summed E-state index contributed by atoms with van der Waals surface area (Å²) in [6.07, 6.45) is 0. The van der Waals surface area contributed by atoms with Gasteiger partial charge in [0, 0.05) is 0 Å². The molecule has 0 unspecified atom stereocenters. The van der Waals surface area contributed by atoms with Gasteiger partial charge in [0.1, 0.15) is 0 Å². The minimum atomic E-state index is 0.653. The Kier molecular flexibility index (Phi) is 2.09. The summed E-state index contributed by atoms with van der Waals surface area (Å²) in [5.41, 5.74) is 4.85. The minimum Gasteiger partial charge on any atom is -0.324 e. The van der Waals surface area contributed by atoms with Crippen molar-refractivity contribution in [1.29, 1.82) is 5.26 Å². The zero-order valence-corrected chi connectivity index (χ0v) is 6.26. The van der Waals surface area contributed by atoms with Gasteiger partial charge in [-0.3, -0.25) is 5.84 Å². The van der Waals surface area contributed by atoms with Crippen LogP contribution in [0.1, 0.15) is 11.1 Å². The average molecular weight is 147 g/mol. The molecule has 3 nitrogen and oxygen atoms in total. The van der Waals surface area contributed by atoms with Crippen molar-refractivity contribution in [1.82, 2.24) is 0 Å². The van der Waals surface area contributed by atoms with E-state index in [2.05, 4.69) is 11.5 Å². The first-order valence-electron chi connectivity index (χ1n) is 3.26. The van der Waals surface area contributed by atoms with Gasteiger partial charge in [-0.2, -0.15) is 5.26 Å². The van der Waals surface area contributed by atoms with E-state index in [1.807, 2.05) is 13.0 Å². The monoisotopic (exact) mass is 147 g/mol. The van der Waals surface area contributed by atoms with Crippen molar-refractivity contribution in [2.24, 2.45) is 5.84 Å². The molecule has 11 heavy (non-hydrogen) atoms. The van der Waals surface area contributed by atoms with Crippen molar-refractivity contribution in [2.45, 2.75) is 6.92 Å². The fraction of sp³-hybridized carbons (Fsp3) is 0.125. The Hall–Kier alpha value is -1.53. The highest BCUT2D eigenvalue weighted by Gasteiger charge is 1.99. The number of benzene rings is 1. The Bertz CT molecular complexity index is 299. The Balaban J connectivity index is 3.23. The number of nitrogen functional groups attached to an aromatic ring is 1. The van der Waals surface area contributed by atoms with E-state index in [4.69, 9.17) is 11.1 Å². The van der Waals surface area contributed by atoms with Gasteiger partial charge in [0.05, 0.1) is 17.3 Å². The normalized spacial score (nSPS) is 8.82. The third-order valence-corrected chi connectivity index (χ3v) is 1.61. The molecule has 0 spiro atoms. The molecule has 56 valence electrons. The van der Waals surface area contributed by atoms with E-state index in [0.29, 0.717) is 5.56 Å². The lowest BCUT2D eigenvalue weighted by Crippen LogP contribution is -2.08. The number of hydrogen-bond acceptors (Lipinski definition) is 3. The summed E-state index contributed by atoms with van der Waals surface area (Å²) in [4.78, 5) is 0. The lowest BCUT2D eigenvalue weighted by Gasteiger charge is -2.04. The fourth-order valence-electron chi connectivity index (χ4n) is 0.913. The molecule has 1 rings (SSSR count). The van der Waals surface area contributed by atoms with Gasteiger partial charge in [0.2, 0.25) is 0 Å². The van der Waals surface area contributed by atoms with Gasteiger partial charge < -0.3 is 5.43 Å². The van der Waals surface area contributed by atoms with Crippen LogP contribution in [0.2, 0.25) is 0 Å². The van der Waals surface area contributed by atoms with Crippen LogP contribution in [-0.2, 0) is 0 Å². The Morgan fingerprint density at radius 2 is 2.27 bits per heavy atom. The van der Waals surface area contributed by atoms with Crippen LogP contribution < -0.4 is 11.3 Å². The second kappa shape index (κ2) is 3.04. The molecule has 0 saturated heterocycles. The number of nitrogens with zero attached hydrogens (tertiary/aromatic N) is 1. The summed E-state index contributed by atoms with van der Waals surface area (Å²) in [7, 11) is 0. The van der Waals surface area contributed by atoms with Crippen LogP contribution in [-0.4, -0.2) is 0 Å². The molecule has 0 aliphatic carbocycles. The Labute approximate surface area is 65.4 Å². The number of nitriles is 1. The SMILES string of the molecule is Cc1c(C#N)cccc1NN. The highest BCUT2D eigenvalue weighted by Crippen LogP contribution is 2.16. The maximum Gasteiger partial charge on any atom is 0.0995 e. The quantitative estimate of drug-likeness (QED) is 0.462. The van der Waals surface area contributed by atoms with Crippen LogP contribution in [0.15, 0.2) is 18.2 Å². The summed E-state index contributed by atoms with van der Waals surface area (Å²) < 4.78 is 0. The van der Waals surface area contributed by atoms with Gasteiger partial charge in [0.15, 0.2) is 0 Å². The molecule has 0 aliphatic rings. The third-order valence-electron chi connectivity index (χ3n) is 1.61. The summed E-state index contributed by atoms with van der Waals surface area (Å²) in [5, 5.41) is 8.62. The van der Waals surface area contributed by atoms with E-state index in [9.17, 15) is 0 Å². The first-order valence-corrected chi connectivity index (χ1v) is 3.26. The first-order chi connectivity index (χ1) is 5.29. The predicted molar refractivity (Wildman–Crippen MR) is 43.7 cm³/mol. The van der Waals surface area contributed by atoms with E-state index in [0.717, 1.165) is 11.3 Å². The smallest absolute Gasteiger partial charge is 0.0995 e. The molecule has 0 fully saturated rings. The second-order valence-electron chi connectivity index (χ2n) is 2.23. The number of nitrogens with one attached hydrogen (secondary N) is 1. The molecule has 1 aromatic carbocycles. The van der Waals surface area contributed by atoms with Gasteiger partial charge >= 0.3 is 0 Å². The van der Waals surface area contributed by atoms with E-state index < -0.39 is 0 Å². The van der Waals surface area contributed by atoms with Crippen molar-refractivity contribution in [3.05, 3.63) is 29.3 Å². The van der Waals surface area contributed by atoms with E-state index in [1.165, 1.54) is 0 Å². The molecule has 3 N–H and O–H groups in total. The average Bonchev–Trinajstić information content (AvgIpc) is 2.05. The molecule has 0 aromatic heterocycles. The fourth-order valence-corrected chi connectivity index (χ4v) is 0.913. The van der Waals surface area contributed by atoms with E-state index in [1.54, 1.807) is 12.1 Å². The van der Waals surface area contributed by atoms with Gasteiger partial charge in [-0.25, -0.2) is 0 Å². The van der Waals surface area contributed by atoms with E-state index in [-0.39, 0.29) is 0 Å². The Morgan fingerprint density at radius 1 is 1.55 bits per heavy atom. The van der Waals surface area contributed by atoms with Crippen LogP contribution in [0.4, 0.5) is 5.69 Å². The molecule has 1 aromatic rings. The lowest BCUT2D eigenvalue weighted by atomic mass is 10.1. The van der Waals surface area contributed by atoms with Crippen LogP contribution in [0, 0.1) is 18.3 Å². The topological polar surface area (TPSA) is 61.8 Å². The molecule has 0 radical (unpaired) electrons. The summed E-state index contributed by atoms with van der Waals surface area (Å²) in [5.74, 6) is 5.21. The minimum absolute atomic E-state index is 0.653. The molecular formula is C8H9N3. The van der Waals surface area contributed by atoms with Crippen LogP contribution >= 0.6 is 0 Å². The van der Waals surface area contributed by atoms with Crippen LogP contribution in [0.25, 0.3) is 0 Å². The number of hydrogen-bond donors (Lipinski definition) is 2. The molecule has 0 amide bonds. The van der Waals surface area contributed by atoms with Crippen molar-refractivity contribution in [2.75, 3.05) is 5.43 Å². The van der Waals surface area contributed by atoms with Crippen LogP contribution in [0.3, 0.4) is 0 Å². The molecule has 3 heteroatoms. The predicted octanol–water partition coefficient (Wildman–Crippen LogP) is 1.15. The van der Waals surface area contributed by atoms with Crippen LogP contribution in [0.5, 0.6) is 0 Å². The third kappa shape index (κ3) is 1.31. The highest BCUT2D eigenvalue weighted by molar-refractivity contribution is 5.56. The molecule has 0 saturated carbocycles.